The van der Waals surface area contributed by atoms with E-state index in [9.17, 15) is 4.79 Å². The number of hydrogen-bond donors (Lipinski definition) is 2. The van der Waals surface area contributed by atoms with Crippen LogP contribution in [0.15, 0.2) is 18.2 Å². The van der Waals surface area contributed by atoms with Crippen LogP contribution >= 0.6 is 0 Å². The van der Waals surface area contributed by atoms with Gasteiger partial charge in [-0.2, -0.15) is 0 Å². The topological polar surface area (TPSA) is 64.3 Å². The Bertz CT molecular complexity index is 429. The summed E-state index contributed by atoms with van der Waals surface area (Å²) in [6.07, 6.45) is 1.84. The third kappa shape index (κ3) is 2.26. The van der Waals surface area contributed by atoms with Crippen molar-refractivity contribution in [1.82, 2.24) is 5.32 Å². The van der Waals surface area contributed by atoms with Gasteiger partial charge >= 0.3 is 0 Å². The Kier molecular flexibility index (Phi) is 3.33. The Balaban J connectivity index is 2.20. The molecule has 0 aliphatic heterocycles. The average molecular weight is 234 g/mol. The standard InChI is InChI=1S/C13H18N2O2/c1-8(14)13(16)15-11-7-6-10-9(11)4-3-5-12(10)17-2/h3-5,8,11H,6-7,14H2,1-2H3,(H,15,16)/t8-,11?/m0/s1. The fourth-order valence-corrected chi connectivity index (χ4v) is 2.27. The van der Waals surface area contributed by atoms with Gasteiger partial charge in [-0.1, -0.05) is 12.1 Å². The van der Waals surface area contributed by atoms with Gasteiger partial charge in [-0.3, -0.25) is 4.79 Å². The molecule has 0 saturated heterocycles. The first-order valence-electron chi connectivity index (χ1n) is 5.85. The maximum atomic E-state index is 11.6. The molecule has 17 heavy (non-hydrogen) atoms. The van der Waals surface area contributed by atoms with Crippen molar-refractivity contribution in [3.05, 3.63) is 29.3 Å². The van der Waals surface area contributed by atoms with Crippen molar-refractivity contribution < 1.29 is 9.53 Å². The summed E-state index contributed by atoms with van der Waals surface area (Å²) in [6.45, 7) is 1.69. The number of ether oxygens (including phenoxy) is 1. The first-order valence-corrected chi connectivity index (χ1v) is 5.85. The van der Waals surface area contributed by atoms with Crippen LogP contribution in [0.4, 0.5) is 0 Å². The number of rotatable bonds is 3. The normalized spacial score (nSPS) is 19.6. The van der Waals surface area contributed by atoms with Gasteiger partial charge < -0.3 is 15.8 Å². The lowest BCUT2D eigenvalue weighted by Gasteiger charge is -2.16. The maximum Gasteiger partial charge on any atom is 0.237 e. The second-order valence-electron chi connectivity index (χ2n) is 4.42. The van der Waals surface area contributed by atoms with Gasteiger partial charge in [0.25, 0.3) is 0 Å². The van der Waals surface area contributed by atoms with E-state index in [1.807, 2.05) is 18.2 Å². The largest absolute Gasteiger partial charge is 0.496 e. The third-order valence-electron chi connectivity index (χ3n) is 3.18. The Morgan fingerprint density at radius 1 is 1.59 bits per heavy atom. The molecule has 4 heteroatoms. The van der Waals surface area contributed by atoms with Crippen LogP contribution in [0.1, 0.15) is 30.5 Å². The number of nitrogens with one attached hydrogen (secondary N) is 1. The molecule has 2 rings (SSSR count). The molecule has 0 heterocycles. The van der Waals surface area contributed by atoms with Gasteiger partial charge in [0.2, 0.25) is 5.91 Å². The molecule has 0 aromatic heterocycles. The molecule has 1 amide bonds. The molecule has 0 radical (unpaired) electrons. The Hall–Kier alpha value is -1.55. The van der Waals surface area contributed by atoms with Crippen molar-refractivity contribution in [2.24, 2.45) is 5.73 Å². The third-order valence-corrected chi connectivity index (χ3v) is 3.18. The SMILES string of the molecule is COc1cccc2c1CCC2NC(=O)[C@H](C)N. The highest BCUT2D eigenvalue weighted by atomic mass is 16.5. The van der Waals surface area contributed by atoms with E-state index in [0.717, 1.165) is 24.2 Å². The van der Waals surface area contributed by atoms with Gasteiger partial charge in [0.1, 0.15) is 5.75 Å². The fourth-order valence-electron chi connectivity index (χ4n) is 2.27. The van der Waals surface area contributed by atoms with Crippen LogP contribution in [0.2, 0.25) is 0 Å². The number of hydrogen-bond acceptors (Lipinski definition) is 3. The molecule has 1 aliphatic rings. The summed E-state index contributed by atoms with van der Waals surface area (Å²) in [5.41, 5.74) is 7.90. The predicted octanol–water partition coefficient (Wildman–Crippen LogP) is 1.15. The van der Waals surface area contributed by atoms with Crippen LogP contribution in [0.3, 0.4) is 0 Å². The zero-order chi connectivity index (χ0) is 12.4. The van der Waals surface area contributed by atoms with Crippen molar-refractivity contribution in [1.29, 1.82) is 0 Å². The molecule has 1 aromatic carbocycles. The summed E-state index contributed by atoms with van der Waals surface area (Å²) >= 11 is 0. The molecular formula is C13H18N2O2. The van der Waals surface area contributed by atoms with Crippen LogP contribution in [0.25, 0.3) is 0 Å². The molecule has 4 nitrogen and oxygen atoms in total. The zero-order valence-electron chi connectivity index (χ0n) is 10.2. The molecule has 1 aliphatic carbocycles. The van der Waals surface area contributed by atoms with Crippen LogP contribution in [-0.2, 0) is 11.2 Å². The summed E-state index contributed by atoms with van der Waals surface area (Å²) in [7, 11) is 1.67. The van der Waals surface area contributed by atoms with Crippen LogP contribution < -0.4 is 15.8 Å². The molecule has 0 fully saturated rings. The molecule has 0 spiro atoms. The first kappa shape index (κ1) is 11.9. The Morgan fingerprint density at radius 2 is 2.35 bits per heavy atom. The smallest absolute Gasteiger partial charge is 0.237 e. The van der Waals surface area contributed by atoms with Gasteiger partial charge in [0.15, 0.2) is 0 Å². The number of benzene rings is 1. The number of fused-ring (bicyclic) bond motifs is 1. The maximum absolute atomic E-state index is 11.6. The van der Waals surface area contributed by atoms with E-state index in [2.05, 4.69) is 5.32 Å². The molecule has 1 aromatic rings. The highest BCUT2D eigenvalue weighted by molar-refractivity contribution is 5.81. The Morgan fingerprint density at radius 3 is 3.00 bits per heavy atom. The van der Waals surface area contributed by atoms with Crippen LogP contribution in [0, 0.1) is 0 Å². The Labute approximate surface area is 101 Å². The molecule has 2 atom stereocenters. The second kappa shape index (κ2) is 4.75. The van der Waals surface area contributed by atoms with Crippen molar-refractivity contribution in [3.8, 4) is 5.75 Å². The van der Waals surface area contributed by atoms with E-state index in [0.29, 0.717) is 0 Å². The highest BCUT2D eigenvalue weighted by Gasteiger charge is 2.26. The minimum Gasteiger partial charge on any atom is -0.496 e. The lowest BCUT2D eigenvalue weighted by atomic mass is 10.1. The molecule has 1 unspecified atom stereocenters. The molecule has 3 N–H and O–H groups in total. The quantitative estimate of drug-likeness (QED) is 0.824. The van der Waals surface area contributed by atoms with Gasteiger partial charge in [-0.25, -0.2) is 0 Å². The van der Waals surface area contributed by atoms with Crippen molar-refractivity contribution >= 4 is 5.91 Å². The summed E-state index contributed by atoms with van der Waals surface area (Å²) in [5.74, 6) is 0.797. The van der Waals surface area contributed by atoms with Crippen molar-refractivity contribution in [3.63, 3.8) is 0 Å². The summed E-state index contributed by atoms with van der Waals surface area (Å²) in [5, 5.41) is 2.97. The number of nitrogens with two attached hydrogens (primary N) is 1. The summed E-state index contributed by atoms with van der Waals surface area (Å²) in [4.78, 5) is 11.6. The van der Waals surface area contributed by atoms with Gasteiger partial charge in [0, 0.05) is 0 Å². The van der Waals surface area contributed by atoms with Crippen LogP contribution in [0.5, 0.6) is 5.75 Å². The second-order valence-corrected chi connectivity index (χ2v) is 4.42. The monoisotopic (exact) mass is 234 g/mol. The summed E-state index contributed by atoms with van der Waals surface area (Å²) < 4.78 is 5.32. The average Bonchev–Trinajstić information content (AvgIpc) is 2.72. The number of methoxy groups -OCH3 is 1. The van der Waals surface area contributed by atoms with Crippen LogP contribution in [-0.4, -0.2) is 19.1 Å². The van der Waals surface area contributed by atoms with Gasteiger partial charge in [0.05, 0.1) is 19.2 Å². The van der Waals surface area contributed by atoms with E-state index in [1.54, 1.807) is 14.0 Å². The van der Waals surface area contributed by atoms with Crippen molar-refractivity contribution in [2.45, 2.75) is 31.8 Å². The van der Waals surface area contributed by atoms with E-state index < -0.39 is 6.04 Å². The lowest BCUT2D eigenvalue weighted by molar-refractivity contribution is -0.122. The van der Waals surface area contributed by atoms with Crippen molar-refractivity contribution in [2.75, 3.05) is 7.11 Å². The molecule has 0 bridgehead atoms. The lowest BCUT2D eigenvalue weighted by Crippen LogP contribution is -2.39. The zero-order valence-corrected chi connectivity index (χ0v) is 10.2. The number of amides is 1. The molecular weight excluding hydrogens is 216 g/mol. The number of carbonyl (C=O) groups excluding carboxylic acids is 1. The highest BCUT2D eigenvalue weighted by Crippen LogP contribution is 2.36. The van der Waals surface area contributed by atoms with E-state index in [1.165, 1.54) is 5.56 Å². The van der Waals surface area contributed by atoms with E-state index in [4.69, 9.17) is 10.5 Å². The summed E-state index contributed by atoms with van der Waals surface area (Å²) in [6, 6.07) is 5.54. The minimum atomic E-state index is -0.468. The van der Waals surface area contributed by atoms with E-state index in [-0.39, 0.29) is 11.9 Å². The molecule has 92 valence electrons. The van der Waals surface area contributed by atoms with Gasteiger partial charge in [-0.05, 0) is 37.0 Å². The first-order chi connectivity index (χ1) is 8.13. The minimum absolute atomic E-state index is 0.0681. The predicted molar refractivity (Wildman–Crippen MR) is 65.8 cm³/mol. The van der Waals surface area contributed by atoms with E-state index >= 15 is 0 Å². The number of carbonyl (C=O) groups is 1. The molecule has 0 saturated carbocycles. The van der Waals surface area contributed by atoms with Gasteiger partial charge in [-0.15, -0.1) is 0 Å². The fraction of sp³-hybridized carbons (Fsp3) is 0.462.